The van der Waals surface area contributed by atoms with Crippen LogP contribution < -0.4 is 5.32 Å². The summed E-state index contributed by atoms with van der Waals surface area (Å²) >= 11 is 0. The quantitative estimate of drug-likeness (QED) is 0.462. The van der Waals surface area contributed by atoms with E-state index >= 15 is 0 Å². The third-order valence-corrected chi connectivity index (χ3v) is 4.83. The van der Waals surface area contributed by atoms with Crippen LogP contribution in [0.4, 0.5) is 17.6 Å². The number of alkyl halides is 3. The van der Waals surface area contributed by atoms with Gasteiger partial charge in [0.05, 0.1) is 11.7 Å². The minimum Gasteiger partial charge on any atom is -0.344 e. The zero-order valence-electron chi connectivity index (χ0n) is 16.2. The van der Waals surface area contributed by atoms with Gasteiger partial charge in [0.25, 0.3) is 5.91 Å². The maximum atomic E-state index is 13.7. The first kappa shape index (κ1) is 20.5. The molecule has 1 aromatic heterocycles. The van der Waals surface area contributed by atoms with Crippen molar-refractivity contribution in [3.63, 3.8) is 0 Å². The lowest BCUT2D eigenvalue weighted by molar-refractivity contribution is -0.143. The first-order chi connectivity index (χ1) is 14.7. The molecule has 4 rings (SSSR count). The second-order valence-electron chi connectivity index (χ2n) is 6.98. The predicted octanol–water partition coefficient (Wildman–Crippen LogP) is 5.07. The van der Waals surface area contributed by atoms with Crippen molar-refractivity contribution < 1.29 is 22.4 Å². The minimum absolute atomic E-state index is 0.193. The summed E-state index contributed by atoms with van der Waals surface area (Å²) in [7, 11) is 0. The van der Waals surface area contributed by atoms with Crippen LogP contribution in [0.25, 0.3) is 16.5 Å². The fourth-order valence-corrected chi connectivity index (χ4v) is 3.30. The number of halogens is 4. The molecule has 0 aliphatic heterocycles. The zero-order chi connectivity index (χ0) is 22.2. The Hall–Kier alpha value is -3.75. The number of nitrogens with one attached hydrogen (secondary N) is 1. The number of carbonyl (C=O) groups is 1. The Morgan fingerprint density at radius 1 is 1.00 bits per heavy atom. The number of benzene rings is 3. The number of aromatic nitrogens is 3. The summed E-state index contributed by atoms with van der Waals surface area (Å²) in [6.07, 6.45) is -4.94. The molecule has 0 saturated heterocycles. The van der Waals surface area contributed by atoms with Crippen molar-refractivity contribution in [3.05, 3.63) is 89.5 Å². The average molecular weight is 428 g/mol. The number of fused-ring (bicyclic) bond motifs is 1. The highest BCUT2D eigenvalue weighted by Crippen LogP contribution is 2.33. The number of rotatable bonds is 4. The molecule has 9 heteroatoms. The normalized spacial score (nSPS) is 12.7. The lowest BCUT2D eigenvalue weighted by Gasteiger charge is -2.16. The van der Waals surface area contributed by atoms with E-state index in [4.69, 9.17) is 0 Å². The molecule has 1 unspecified atom stereocenters. The molecule has 0 fully saturated rings. The second-order valence-corrected chi connectivity index (χ2v) is 6.98. The van der Waals surface area contributed by atoms with Crippen LogP contribution in [0.15, 0.2) is 66.7 Å². The molecule has 31 heavy (non-hydrogen) atoms. The Bertz CT molecular complexity index is 1270. The first-order valence-corrected chi connectivity index (χ1v) is 9.32. The maximum absolute atomic E-state index is 13.7. The molecule has 5 nitrogen and oxygen atoms in total. The van der Waals surface area contributed by atoms with E-state index < -0.39 is 35.3 Å². The zero-order valence-corrected chi connectivity index (χ0v) is 16.2. The van der Waals surface area contributed by atoms with Gasteiger partial charge in [-0.05, 0) is 47.5 Å². The third-order valence-electron chi connectivity index (χ3n) is 4.83. The molecular formula is C22H16F4N4O. The summed E-state index contributed by atoms with van der Waals surface area (Å²) in [5.41, 5.74) is -1.73. The molecule has 0 aliphatic carbocycles. The number of nitrogens with zero attached hydrogens (tertiary/aromatic N) is 3. The lowest BCUT2D eigenvalue weighted by atomic mass is 10.0. The maximum Gasteiger partial charge on any atom is 0.435 e. The van der Waals surface area contributed by atoms with Gasteiger partial charge in [-0.2, -0.15) is 13.2 Å². The van der Waals surface area contributed by atoms with Gasteiger partial charge in [-0.15, -0.1) is 5.10 Å². The van der Waals surface area contributed by atoms with Crippen LogP contribution in [0.2, 0.25) is 0 Å². The summed E-state index contributed by atoms with van der Waals surface area (Å²) < 4.78 is 55.2. The highest BCUT2D eigenvalue weighted by Gasteiger charge is 2.42. The summed E-state index contributed by atoms with van der Waals surface area (Å²) in [6, 6.07) is 17.0. The van der Waals surface area contributed by atoms with E-state index in [0.29, 0.717) is 4.68 Å². The highest BCUT2D eigenvalue weighted by atomic mass is 19.4. The first-order valence-electron chi connectivity index (χ1n) is 9.32. The molecular weight excluding hydrogens is 412 g/mol. The van der Waals surface area contributed by atoms with Gasteiger partial charge in [0.15, 0.2) is 11.4 Å². The van der Waals surface area contributed by atoms with Crippen molar-refractivity contribution in [2.24, 2.45) is 0 Å². The van der Waals surface area contributed by atoms with Crippen LogP contribution in [0, 0.1) is 5.82 Å². The molecule has 1 amide bonds. The molecule has 0 spiro atoms. The van der Waals surface area contributed by atoms with Crippen molar-refractivity contribution >= 4 is 16.7 Å². The second kappa shape index (κ2) is 7.82. The van der Waals surface area contributed by atoms with Crippen LogP contribution >= 0.6 is 0 Å². The Kier molecular flexibility index (Phi) is 5.18. The van der Waals surface area contributed by atoms with Crippen molar-refractivity contribution in [1.82, 2.24) is 20.3 Å². The van der Waals surface area contributed by atoms with Crippen LogP contribution in [-0.2, 0) is 6.18 Å². The number of hydrogen-bond acceptors (Lipinski definition) is 3. The van der Waals surface area contributed by atoms with E-state index in [1.807, 2.05) is 36.4 Å². The summed E-state index contributed by atoms with van der Waals surface area (Å²) in [4.78, 5) is 12.7. The van der Waals surface area contributed by atoms with E-state index in [1.165, 1.54) is 12.1 Å². The van der Waals surface area contributed by atoms with Gasteiger partial charge in [-0.25, -0.2) is 9.07 Å². The molecule has 0 aliphatic rings. The lowest BCUT2D eigenvalue weighted by Crippen LogP contribution is -2.29. The standard InChI is InChI=1S/C22H16F4N4O/c1-13(15-10-9-14-5-2-3-6-16(14)11-15)27-21(31)19-20(22(24,25)26)30(29-28-19)18-8-4-7-17(23)12-18/h2-13H,1H3,(H,27,31). The summed E-state index contributed by atoms with van der Waals surface area (Å²) in [5.74, 6) is -1.77. The van der Waals surface area contributed by atoms with Crippen LogP contribution in [0.3, 0.4) is 0 Å². The van der Waals surface area contributed by atoms with Gasteiger partial charge in [0.1, 0.15) is 5.82 Å². The molecule has 3 aromatic carbocycles. The predicted molar refractivity (Wildman–Crippen MR) is 106 cm³/mol. The third kappa shape index (κ3) is 4.11. The van der Waals surface area contributed by atoms with Crippen molar-refractivity contribution in [1.29, 1.82) is 0 Å². The number of hydrogen-bond donors (Lipinski definition) is 1. The van der Waals surface area contributed by atoms with Crippen molar-refractivity contribution in [2.75, 3.05) is 0 Å². The Morgan fingerprint density at radius 2 is 1.74 bits per heavy atom. The van der Waals surface area contributed by atoms with Gasteiger partial charge in [0.2, 0.25) is 0 Å². The SMILES string of the molecule is CC(NC(=O)c1nnn(-c2cccc(F)c2)c1C(F)(F)F)c1ccc2ccccc2c1. The van der Waals surface area contributed by atoms with Crippen molar-refractivity contribution in [2.45, 2.75) is 19.1 Å². The summed E-state index contributed by atoms with van der Waals surface area (Å²) in [6.45, 7) is 1.66. The highest BCUT2D eigenvalue weighted by molar-refractivity contribution is 5.94. The molecule has 0 radical (unpaired) electrons. The van der Waals surface area contributed by atoms with Crippen LogP contribution in [-0.4, -0.2) is 20.9 Å². The topological polar surface area (TPSA) is 59.8 Å². The van der Waals surface area contributed by atoms with E-state index in [-0.39, 0.29) is 5.69 Å². The van der Waals surface area contributed by atoms with Gasteiger partial charge in [-0.3, -0.25) is 4.79 Å². The minimum atomic E-state index is -4.94. The fourth-order valence-electron chi connectivity index (χ4n) is 3.30. The molecule has 158 valence electrons. The monoisotopic (exact) mass is 428 g/mol. The molecule has 1 atom stereocenters. The Balaban J connectivity index is 1.66. The smallest absolute Gasteiger partial charge is 0.344 e. The molecule has 4 aromatic rings. The van der Waals surface area contributed by atoms with E-state index in [9.17, 15) is 22.4 Å². The largest absolute Gasteiger partial charge is 0.435 e. The molecule has 0 saturated carbocycles. The number of carbonyl (C=O) groups excluding carboxylic acids is 1. The fraction of sp³-hybridized carbons (Fsp3) is 0.136. The van der Waals surface area contributed by atoms with Gasteiger partial charge in [0, 0.05) is 0 Å². The van der Waals surface area contributed by atoms with E-state index in [1.54, 1.807) is 13.0 Å². The molecule has 1 N–H and O–H groups in total. The molecule has 1 heterocycles. The average Bonchev–Trinajstić information content (AvgIpc) is 3.19. The van der Waals surface area contributed by atoms with Gasteiger partial charge in [-0.1, -0.05) is 47.7 Å². The van der Waals surface area contributed by atoms with Gasteiger partial charge < -0.3 is 5.32 Å². The van der Waals surface area contributed by atoms with Crippen molar-refractivity contribution in [3.8, 4) is 5.69 Å². The Morgan fingerprint density at radius 3 is 2.45 bits per heavy atom. The van der Waals surface area contributed by atoms with Crippen LogP contribution in [0.1, 0.15) is 34.7 Å². The van der Waals surface area contributed by atoms with E-state index in [0.717, 1.165) is 28.5 Å². The Labute approximate surface area is 174 Å². The summed E-state index contributed by atoms with van der Waals surface area (Å²) in [5, 5.41) is 11.4. The van der Waals surface area contributed by atoms with Crippen LogP contribution in [0.5, 0.6) is 0 Å². The van der Waals surface area contributed by atoms with E-state index in [2.05, 4.69) is 15.6 Å². The molecule has 0 bridgehead atoms. The number of amides is 1. The van der Waals surface area contributed by atoms with Gasteiger partial charge >= 0.3 is 6.18 Å².